The zero-order valence-corrected chi connectivity index (χ0v) is 17.8. The van der Waals surface area contributed by atoms with Crippen molar-refractivity contribution in [1.29, 1.82) is 5.26 Å². The number of likely N-dealkylation sites (tertiary alicyclic amines) is 1. The van der Waals surface area contributed by atoms with Crippen molar-refractivity contribution in [2.24, 2.45) is 5.73 Å². The van der Waals surface area contributed by atoms with E-state index in [1.165, 1.54) is 6.07 Å². The van der Waals surface area contributed by atoms with Gasteiger partial charge in [-0.15, -0.1) is 0 Å². The number of ether oxygens (including phenoxy) is 1. The lowest BCUT2D eigenvalue weighted by Gasteiger charge is -2.34. The van der Waals surface area contributed by atoms with Crippen LogP contribution in [-0.4, -0.2) is 33.2 Å². The van der Waals surface area contributed by atoms with Gasteiger partial charge in [0.25, 0.3) is 5.91 Å². The van der Waals surface area contributed by atoms with E-state index in [2.05, 4.69) is 11.3 Å². The monoisotopic (exact) mass is 452 g/mol. The normalized spacial score (nSPS) is 18.1. The second kappa shape index (κ2) is 8.78. The number of nitrogens with two attached hydrogens (primary N) is 2. The third kappa shape index (κ3) is 4.30. The van der Waals surface area contributed by atoms with E-state index >= 15 is 0 Å². The van der Waals surface area contributed by atoms with Crippen LogP contribution in [0.2, 0.25) is 0 Å². The number of piperidine rings is 1. The van der Waals surface area contributed by atoms with Crippen LogP contribution in [0, 0.1) is 23.1 Å². The number of primary amides is 1. The Morgan fingerprint density at radius 2 is 1.94 bits per heavy atom. The average molecular weight is 452 g/mol. The van der Waals surface area contributed by atoms with E-state index < -0.39 is 17.5 Å². The molecular formula is C23H22F2N6O2. The van der Waals surface area contributed by atoms with Gasteiger partial charge in [0.2, 0.25) is 0 Å². The SMILES string of the molecule is C[C@@H]1CCC(n2nc(-c3ccc(Oc4ccc(F)cc4F)cc3)c(C(N)=O)c2N)CN1C#N. The molecule has 33 heavy (non-hydrogen) atoms. The molecule has 1 unspecified atom stereocenters. The highest BCUT2D eigenvalue weighted by Gasteiger charge is 2.30. The summed E-state index contributed by atoms with van der Waals surface area (Å²) in [7, 11) is 0. The summed E-state index contributed by atoms with van der Waals surface area (Å²) in [6.07, 6.45) is 3.71. The van der Waals surface area contributed by atoms with Crippen LogP contribution < -0.4 is 16.2 Å². The number of hydrogen-bond donors (Lipinski definition) is 2. The fourth-order valence-corrected chi connectivity index (χ4v) is 3.96. The number of nitrogens with zero attached hydrogens (tertiary/aromatic N) is 4. The molecule has 10 heteroatoms. The number of hydrogen-bond acceptors (Lipinski definition) is 6. The van der Waals surface area contributed by atoms with Crippen LogP contribution in [0.5, 0.6) is 11.5 Å². The topological polar surface area (TPSA) is 123 Å². The van der Waals surface area contributed by atoms with Gasteiger partial charge in [-0.05, 0) is 56.2 Å². The molecule has 0 saturated carbocycles. The van der Waals surface area contributed by atoms with Crippen molar-refractivity contribution < 1.29 is 18.3 Å². The number of nitrogen functional groups attached to an aromatic ring is 1. The maximum absolute atomic E-state index is 13.9. The molecule has 1 fully saturated rings. The van der Waals surface area contributed by atoms with Gasteiger partial charge < -0.3 is 21.1 Å². The fourth-order valence-electron chi connectivity index (χ4n) is 3.96. The lowest BCUT2D eigenvalue weighted by molar-refractivity contribution is 0.100. The van der Waals surface area contributed by atoms with Crippen molar-refractivity contribution in [2.75, 3.05) is 12.3 Å². The van der Waals surface area contributed by atoms with Gasteiger partial charge in [-0.3, -0.25) is 4.79 Å². The number of rotatable bonds is 5. The van der Waals surface area contributed by atoms with Crippen molar-refractivity contribution in [3.8, 4) is 28.9 Å². The van der Waals surface area contributed by atoms with Crippen LogP contribution >= 0.6 is 0 Å². The van der Waals surface area contributed by atoms with Crippen LogP contribution in [0.15, 0.2) is 42.5 Å². The fraction of sp³-hybridized carbons (Fsp3) is 0.261. The number of benzene rings is 2. The molecule has 4 N–H and O–H groups in total. The van der Waals surface area contributed by atoms with Gasteiger partial charge >= 0.3 is 0 Å². The molecule has 2 heterocycles. The third-order valence-corrected chi connectivity index (χ3v) is 5.77. The van der Waals surface area contributed by atoms with E-state index in [9.17, 15) is 18.8 Å². The van der Waals surface area contributed by atoms with Crippen LogP contribution in [0.3, 0.4) is 0 Å². The first kappa shape index (κ1) is 22.1. The number of aromatic nitrogens is 2. The lowest BCUT2D eigenvalue weighted by atomic mass is 10.00. The summed E-state index contributed by atoms with van der Waals surface area (Å²) in [4.78, 5) is 13.9. The second-order valence-corrected chi connectivity index (χ2v) is 7.95. The molecule has 1 amide bonds. The predicted molar refractivity (Wildman–Crippen MR) is 117 cm³/mol. The minimum Gasteiger partial charge on any atom is -0.454 e. The van der Waals surface area contributed by atoms with Gasteiger partial charge in [0.05, 0.1) is 12.6 Å². The van der Waals surface area contributed by atoms with E-state index in [1.54, 1.807) is 33.8 Å². The van der Waals surface area contributed by atoms with Crippen LogP contribution in [0.25, 0.3) is 11.3 Å². The van der Waals surface area contributed by atoms with Crippen molar-refractivity contribution in [3.05, 3.63) is 59.7 Å². The Kier molecular flexibility index (Phi) is 5.87. The van der Waals surface area contributed by atoms with Crippen LogP contribution in [0.1, 0.15) is 36.2 Å². The van der Waals surface area contributed by atoms with Gasteiger partial charge in [-0.2, -0.15) is 10.4 Å². The lowest BCUT2D eigenvalue weighted by Crippen LogP contribution is -2.39. The van der Waals surface area contributed by atoms with Crippen molar-refractivity contribution in [1.82, 2.24) is 14.7 Å². The number of carbonyl (C=O) groups excluding carboxylic acids is 1. The molecule has 0 aliphatic carbocycles. The number of anilines is 1. The Balaban J connectivity index is 1.64. The van der Waals surface area contributed by atoms with Gasteiger partial charge in [0, 0.05) is 17.7 Å². The van der Waals surface area contributed by atoms with Crippen LogP contribution in [-0.2, 0) is 0 Å². The standard InChI is InChI=1S/C23H22F2N6O2/c1-13-2-6-16(11-30(13)12-26)31-22(27)20(23(28)32)21(29-31)14-3-7-17(8-4-14)33-19-9-5-15(24)10-18(19)25/h3-5,7-10,13,16H,2,6,11,27H2,1H3,(H2,28,32)/t13-,16?/m1/s1. The number of halogens is 2. The molecule has 0 spiro atoms. The molecule has 8 nitrogen and oxygen atoms in total. The van der Waals surface area contributed by atoms with Crippen molar-refractivity contribution in [2.45, 2.75) is 31.8 Å². The summed E-state index contributed by atoms with van der Waals surface area (Å²) in [5, 5.41) is 13.9. The Morgan fingerprint density at radius 3 is 2.58 bits per heavy atom. The number of amides is 1. The molecule has 2 aromatic carbocycles. The highest BCUT2D eigenvalue weighted by molar-refractivity contribution is 6.03. The van der Waals surface area contributed by atoms with E-state index in [0.717, 1.165) is 25.0 Å². The van der Waals surface area contributed by atoms with Gasteiger partial charge in [-0.1, -0.05) is 0 Å². The van der Waals surface area contributed by atoms with E-state index in [0.29, 0.717) is 23.6 Å². The summed E-state index contributed by atoms with van der Waals surface area (Å²) in [5.74, 6) is -1.91. The van der Waals surface area contributed by atoms with Crippen molar-refractivity contribution >= 4 is 11.7 Å². The second-order valence-electron chi connectivity index (χ2n) is 7.95. The molecule has 1 aliphatic heterocycles. The number of nitriles is 1. The first-order valence-corrected chi connectivity index (χ1v) is 10.4. The zero-order chi connectivity index (χ0) is 23.7. The summed E-state index contributed by atoms with van der Waals surface area (Å²) >= 11 is 0. The molecule has 0 bridgehead atoms. The summed E-state index contributed by atoms with van der Waals surface area (Å²) in [6, 6.07) is 9.38. The summed E-state index contributed by atoms with van der Waals surface area (Å²) < 4.78 is 34.0. The summed E-state index contributed by atoms with van der Waals surface area (Å²) in [5.41, 5.74) is 12.8. The average Bonchev–Trinajstić information content (AvgIpc) is 3.14. The van der Waals surface area contributed by atoms with E-state index in [-0.39, 0.29) is 29.2 Å². The molecule has 170 valence electrons. The quantitative estimate of drug-likeness (QED) is 0.568. The molecule has 0 radical (unpaired) electrons. The molecular weight excluding hydrogens is 430 g/mol. The first-order chi connectivity index (χ1) is 15.8. The first-order valence-electron chi connectivity index (χ1n) is 10.4. The van der Waals surface area contributed by atoms with Crippen molar-refractivity contribution in [3.63, 3.8) is 0 Å². The highest BCUT2D eigenvalue weighted by Crippen LogP contribution is 2.34. The third-order valence-electron chi connectivity index (χ3n) is 5.77. The Hall–Kier alpha value is -4.13. The van der Waals surface area contributed by atoms with Gasteiger partial charge in [0.1, 0.15) is 28.6 Å². The summed E-state index contributed by atoms with van der Waals surface area (Å²) in [6.45, 7) is 2.41. The molecule has 1 aliphatic rings. The minimum atomic E-state index is -0.824. The Morgan fingerprint density at radius 1 is 1.21 bits per heavy atom. The number of carbonyl (C=O) groups is 1. The molecule has 1 saturated heterocycles. The largest absolute Gasteiger partial charge is 0.454 e. The maximum atomic E-state index is 13.9. The molecule has 3 aromatic rings. The zero-order valence-electron chi connectivity index (χ0n) is 17.8. The van der Waals surface area contributed by atoms with Gasteiger partial charge in [-0.25, -0.2) is 13.5 Å². The molecule has 4 rings (SSSR count). The predicted octanol–water partition coefficient (Wildman–Crippen LogP) is 3.81. The van der Waals surface area contributed by atoms with E-state index in [4.69, 9.17) is 16.2 Å². The molecule has 1 aromatic heterocycles. The van der Waals surface area contributed by atoms with E-state index in [1.807, 2.05) is 6.92 Å². The maximum Gasteiger partial charge on any atom is 0.254 e. The smallest absolute Gasteiger partial charge is 0.254 e. The van der Waals surface area contributed by atoms with Crippen LogP contribution in [0.4, 0.5) is 14.6 Å². The minimum absolute atomic E-state index is 0.0929. The molecule has 2 atom stereocenters. The Labute approximate surface area is 189 Å². The Bertz CT molecular complexity index is 1230. The highest BCUT2D eigenvalue weighted by atomic mass is 19.1. The van der Waals surface area contributed by atoms with Gasteiger partial charge in [0.15, 0.2) is 17.8 Å².